The summed E-state index contributed by atoms with van der Waals surface area (Å²) in [5.41, 5.74) is 23.0. The van der Waals surface area contributed by atoms with Crippen molar-refractivity contribution in [2.75, 3.05) is 9.80 Å². The number of nitrogens with zero attached hydrogens (tertiary/aromatic N) is 6. The van der Waals surface area contributed by atoms with E-state index in [9.17, 15) is 0 Å². The highest BCUT2D eigenvalue weighted by molar-refractivity contribution is 6.21. The quantitative estimate of drug-likeness (QED) is 0.136. The Hall–Kier alpha value is -11.9. The molecule has 0 spiro atoms. The van der Waals surface area contributed by atoms with Crippen molar-refractivity contribution >= 4 is 132 Å². The summed E-state index contributed by atoms with van der Waals surface area (Å²) in [4.78, 5) is 4.92. The summed E-state index contributed by atoms with van der Waals surface area (Å²) in [5, 5.41) is 11.9. The monoisotopic (exact) mass is 1230 g/mol. The summed E-state index contributed by atoms with van der Waals surface area (Å²) in [7, 11) is 0. The van der Waals surface area contributed by atoms with E-state index in [1.165, 1.54) is 76.0 Å². The lowest BCUT2D eigenvalue weighted by atomic mass is 9.87. The predicted molar refractivity (Wildman–Crippen MR) is 408 cm³/mol. The Balaban J connectivity index is 0.825. The first-order chi connectivity index (χ1) is 46.9. The van der Waals surface area contributed by atoms with Crippen LogP contribution in [0, 0.1) is 0 Å². The third-order valence-corrected chi connectivity index (χ3v) is 20.0. The van der Waals surface area contributed by atoms with Crippen LogP contribution in [0.25, 0.3) is 121 Å². The molecule has 0 radical (unpaired) electrons. The van der Waals surface area contributed by atoms with Gasteiger partial charge in [-0.1, -0.05) is 199 Å². The Morgan fingerprint density at radius 1 is 0.219 bits per heavy atom. The molecule has 4 aromatic heterocycles. The summed E-state index contributed by atoms with van der Waals surface area (Å²) in [6, 6.07) is 117. The summed E-state index contributed by atoms with van der Waals surface area (Å²) in [6.07, 6.45) is 0. The van der Waals surface area contributed by atoms with E-state index in [0.29, 0.717) is 0 Å². The molecular formula is C90H70N6. The van der Waals surface area contributed by atoms with Crippen LogP contribution in [0.2, 0.25) is 0 Å². The molecule has 18 rings (SSSR count). The van der Waals surface area contributed by atoms with Crippen LogP contribution in [0.4, 0.5) is 34.1 Å². The number of aromatic nitrogens is 4. The lowest BCUT2D eigenvalue weighted by Gasteiger charge is -2.27. The molecule has 0 atom stereocenters. The average Bonchev–Trinajstić information content (AvgIpc) is 1.58. The fourth-order valence-corrected chi connectivity index (χ4v) is 15.4. The second-order valence-electron chi connectivity index (χ2n) is 27.8. The van der Waals surface area contributed by atoms with Gasteiger partial charge in [0, 0.05) is 88.6 Å². The van der Waals surface area contributed by atoms with Gasteiger partial charge in [-0.2, -0.15) is 0 Å². The van der Waals surface area contributed by atoms with Crippen molar-refractivity contribution < 1.29 is 0 Å². The van der Waals surface area contributed by atoms with E-state index in [1.807, 2.05) is 0 Å². The first-order valence-electron chi connectivity index (χ1n) is 33.5. The molecule has 6 heteroatoms. The minimum Gasteiger partial charge on any atom is -0.310 e. The van der Waals surface area contributed by atoms with Crippen LogP contribution in [0.15, 0.2) is 315 Å². The Morgan fingerprint density at radius 2 is 0.542 bits per heavy atom. The molecule has 14 aromatic carbocycles. The van der Waals surface area contributed by atoms with E-state index in [1.54, 1.807) is 0 Å². The lowest BCUT2D eigenvalue weighted by Crippen LogP contribution is -2.11. The fraction of sp³-hybridized carbons (Fsp3) is 0.0889. The minimum absolute atomic E-state index is 0.0472. The largest absolute Gasteiger partial charge is 0.310 e. The Kier molecular flexibility index (Phi) is 13.0. The molecule has 18 aromatic rings. The number of para-hydroxylation sites is 6. The Labute approximate surface area is 558 Å². The second kappa shape index (κ2) is 21.9. The van der Waals surface area contributed by atoms with E-state index in [0.717, 1.165) is 90.0 Å². The van der Waals surface area contributed by atoms with E-state index < -0.39 is 0 Å². The number of benzene rings is 14. The summed E-state index contributed by atoms with van der Waals surface area (Å²) < 4.78 is 9.83. The zero-order valence-electron chi connectivity index (χ0n) is 54.7. The van der Waals surface area contributed by atoms with Crippen molar-refractivity contribution in [3.05, 3.63) is 327 Å². The maximum atomic E-state index is 2.48. The number of rotatable bonds is 10. The van der Waals surface area contributed by atoms with Crippen LogP contribution < -0.4 is 9.80 Å². The fourth-order valence-electron chi connectivity index (χ4n) is 15.4. The van der Waals surface area contributed by atoms with E-state index in [-0.39, 0.29) is 10.8 Å². The molecule has 0 amide bonds. The Morgan fingerprint density at radius 3 is 0.927 bits per heavy atom. The second-order valence-corrected chi connectivity index (χ2v) is 27.8. The van der Waals surface area contributed by atoms with Crippen LogP contribution in [0.5, 0.6) is 0 Å². The normalized spacial score (nSPS) is 12.3. The van der Waals surface area contributed by atoms with Gasteiger partial charge in [0.1, 0.15) is 0 Å². The van der Waals surface area contributed by atoms with Gasteiger partial charge in [0.25, 0.3) is 0 Å². The third kappa shape index (κ3) is 9.07. The molecule has 0 fully saturated rings. The van der Waals surface area contributed by atoms with Crippen LogP contribution in [-0.2, 0) is 10.8 Å². The first-order valence-corrected chi connectivity index (χ1v) is 33.5. The molecule has 460 valence electrons. The average molecular weight is 1240 g/mol. The van der Waals surface area contributed by atoms with E-state index >= 15 is 0 Å². The standard InChI is InChI=1S/C90H70N6/c1-89(2,3)61-41-45-67(46-42-61)93-77-35-21-19-33-73(77)87-79(37-23-39-81(87)93)91(63-25-11-7-12-26-63)69-49-51-71-75-53-59-56-84-76(54-60(59)55-83(75)95(85(71)57-69)65-29-15-9-16-30-65)72-52-50-70(58-86(72)96(84)66-31-17-10-18-32-66)92(64-27-13-8-14-28-64)80-38-24-40-82-88(80)74-34-20-22-36-78(74)94(82)68-47-43-62(44-48-68)90(4,5)6/h7-58H,1-6H3. The van der Waals surface area contributed by atoms with Gasteiger partial charge in [-0.05, 0) is 190 Å². The molecule has 0 saturated carbocycles. The van der Waals surface area contributed by atoms with Gasteiger partial charge in [0.05, 0.1) is 55.5 Å². The minimum atomic E-state index is 0.0472. The predicted octanol–water partition coefficient (Wildman–Crippen LogP) is 24.8. The molecule has 0 saturated heterocycles. The van der Waals surface area contributed by atoms with E-state index in [2.05, 4.69) is 385 Å². The maximum Gasteiger partial charge on any atom is 0.0562 e. The highest BCUT2D eigenvalue weighted by Crippen LogP contribution is 2.49. The van der Waals surface area contributed by atoms with Gasteiger partial charge in [-0.25, -0.2) is 0 Å². The number of hydrogen-bond donors (Lipinski definition) is 0. The van der Waals surface area contributed by atoms with Gasteiger partial charge >= 0.3 is 0 Å². The van der Waals surface area contributed by atoms with Crippen molar-refractivity contribution in [1.29, 1.82) is 0 Å². The van der Waals surface area contributed by atoms with Crippen molar-refractivity contribution in [3.63, 3.8) is 0 Å². The van der Waals surface area contributed by atoms with Gasteiger partial charge < -0.3 is 28.1 Å². The summed E-state index contributed by atoms with van der Waals surface area (Å²) in [5.74, 6) is 0. The van der Waals surface area contributed by atoms with Crippen molar-refractivity contribution in [2.24, 2.45) is 0 Å². The van der Waals surface area contributed by atoms with Gasteiger partial charge in [0.15, 0.2) is 0 Å². The number of fused-ring (bicyclic) bond motifs is 13. The highest BCUT2D eigenvalue weighted by Gasteiger charge is 2.27. The van der Waals surface area contributed by atoms with Gasteiger partial charge in [-0.15, -0.1) is 0 Å². The highest BCUT2D eigenvalue weighted by atomic mass is 15.2. The van der Waals surface area contributed by atoms with Crippen molar-refractivity contribution in [2.45, 2.75) is 52.4 Å². The molecule has 0 N–H and O–H groups in total. The molecule has 0 aliphatic rings. The van der Waals surface area contributed by atoms with Crippen molar-refractivity contribution in [1.82, 2.24) is 18.3 Å². The molecule has 0 bridgehead atoms. The van der Waals surface area contributed by atoms with Crippen LogP contribution in [0.3, 0.4) is 0 Å². The van der Waals surface area contributed by atoms with Crippen LogP contribution >= 0.6 is 0 Å². The molecular weight excluding hydrogens is 1170 g/mol. The molecule has 0 aliphatic carbocycles. The SMILES string of the molecule is CC(C)(C)c1ccc(-n2c3ccccc3c3c(N(c4ccccc4)c4ccc5c6cc7cc8c(cc7cc6n(-c6ccccc6)c5c4)c4ccc(N(c5ccccc5)c5cccc6c5c5ccccc5n6-c5ccc(C(C)(C)C)cc5)cc4n8-c4ccccc4)cccc32)cc1. The van der Waals surface area contributed by atoms with Gasteiger partial charge in [0.2, 0.25) is 0 Å². The smallest absolute Gasteiger partial charge is 0.0562 e. The molecule has 0 aliphatic heterocycles. The first kappa shape index (κ1) is 56.9. The molecule has 0 unspecified atom stereocenters. The Bertz CT molecular complexity index is 5680. The summed E-state index contributed by atoms with van der Waals surface area (Å²) >= 11 is 0. The summed E-state index contributed by atoms with van der Waals surface area (Å²) in [6.45, 7) is 13.7. The number of hydrogen-bond acceptors (Lipinski definition) is 2. The van der Waals surface area contributed by atoms with Crippen LogP contribution in [0.1, 0.15) is 52.7 Å². The number of anilines is 6. The third-order valence-electron chi connectivity index (χ3n) is 20.0. The molecule has 4 heterocycles. The van der Waals surface area contributed by atoms with Gasteiger partial charge in [-0.3, -0.25) is 0 Å². The zero-order chi connectivity index (χ0) is 64.6. The zero-order valence-corrected chi connectivity index (χ0v) is 54.7. The molecule has 96 heavy (non-hydrogen) atoms. The maximum absolute atomic E-state index is 2.48. The topological polar surface area (TPSA) is 26.2 Å². The molecule has 6 nitrogen and oxygen atoms in total. The van der Waals surface area contributed by atoms with Crippen LogP contribution in [-0.4, -0.2) is 18.3 Å². The lowest BCUT2D eigenvalue weighted by molar-refractivity contribution is 0.590. The van der Waals surface area contributed by atoms with E-state index in [4.69, 9.17) is 0 Å². The van der Waals surface area contributed by atoms with Crippen molar-refractivity contribution in [3.8, 4) is 22.7 Å².